The zero-order valence-electron chi connectivity index (χ0n) is 22.3. The minimum absolute atomic E-state index is 0.0106. The Hall–Kier alpha value is -3.93. The molecule has 6 heteroatoms. The molecule has 0 radical (unpaired) electrons. The van der Waals surface area contributed by atoms with E-state index in [0.29, 0.717) is 18.9 Å². The Morgan fingerprint density at radius 2 is 1.61 bits per heavy atom. The second-order valence-electron chi connectivity index (χ2n) is 10.7. The van der Waals surface area contributed by atoms with Crippen LogP contribution < -0.4 is 10.2 Å². The topological polar surface area (TPSA) is 65.0 Å². The van der Waals surface area contributed by atoms with E-state index in [4.69, 9.17) is 5.10 Å². The number of carbonyl (C=O) groups is 2. The molecule has 38 heavy (non-hydrogen) atoms. The van der Waals surface area contributed by atoms with E-state index >= 15 is 0 Å². The third kappa shape index (κ3) is 5.80. The van der Waals surface area contributed by atoms with Gasteiger partial charge in [0.1, 0.15) is 0 Å². The molecule has 2 aliphatic rings. The maximum absolute atomic E-state index is 14.2. The fourth-order valence-electron chi connectivity index (χ4n) is 5.39. The van der Waals surface area contributed by atoms with Crippen molar-refractivity contribution in [2.45, 2.75) is 58.9 Å². The standard InChI is InChI=1S/C32H36N4O2/c1-23(2)21-30(37)33-26-17-19-27(20-18-26)36-29-16-10-9-15-28(29)31(25-13-7-4-8-14-25)34-35(32(36)38)22-24-11-5-3-6-12-24/h3,5-6,9-12,15-20,23,25H,4,7-8,13-14,21-22H2,1-2H3,(H,33,37). The van der Waals surface area contributed by atoms with Crippen molar-refractivity contribution in [2.75, 3.05) is 10.2 Å². The fourth-order valence-corrected chi connectivity index (χ4v) is 5.39. The van der Waals surface area contributed by atoms with Crippen LogP contribution in [-0.4, -0.2) is 22.7 Å². The number of anilines is 3. The van der Waals surface area contributed by atoms with Crippen LogP contribution in [-0.2, 0) is 11.3 Å². The van der Waals surface area contributed by atoms with E-state index in [1.807, 2.05) is 86.6 Å². The van der Waals surface area contributed by atoms with Gasteiger partial charge in [-0.25, -0.2) is 9.80 Å². The number of benzene rings is 3. The molecule has 0 bridgehead atoms. The summed E-state index contributed by atoms with van der Waals surface area (Å²) < 4.78 is 0. The summed E-state index contributed by atoms with van der Waals surface area (Å²) in [5, 5.41) is 9.66. The summed E-state index contributed by atoms with van der Waals surface area (Å²) in [7, 11) is 0. The molecule has 1 aliphatic heterocycles. The first kappa shape index (κ1) is 25.7. The lowest BCUT2D eigenvalue weighted by Crippen LogP contribution is -2.36. The van der Waals surface area contributed by atoms with Crippen molar-refractivity contribution in [1.82, 2.24) is 5.01 Å². The van der Waals surface area contributed by atoms with Gasteiger partial charge in [-0.3, -0.25) is 9.69 Å². The molecule has 0 aromatic heterocycles. The number of amides is 3. The van der Waals surface area contributed by atoms with E-state index in [1.54, 1.807) is 9.91 Å². The summed E-state index contributed by atoms with van der Waals surface area (Å²) >= 11 is 0. The van der Waals surface area contributed by atoms with Gasteiger partial charge >= 0.3 is 6.03 Å². The molecular formula is C32H36N4O2. The first-order valence-corrected chi connectivity index (χ1v) is 13.7. The van der Waals surface area contributed by atoms with Crippen LogP contribution in [0.3, 0.4) is 0 Å². The molecule has 1 saturated carbocycles. The van der Waals surface area contributed by atoms with Crippen molar-refractivity contribution in [1.29, 1.82) is 0 Å². The Labute approximate surface area is 225 Å². The lowest BCUT2D eigenvalue weighted by Gasteiger charge is -2.27. The van der Waals surface area contributed by atoms with Crippen LogP contribution in [0.4, 0.5) is 21.9 Å². The second-order valence-corrected chi connectivity index (χ2v) is 10.7. The summed E-state index contributed by atoms with van der Waals surface area (Å²) in [4.78, 5) is 28.2. The molecule has 0 saturated heterocycles. The number of urea groups is 1. The lowest BCUT2D eigenvalue weighted by atomic mass is 9.83. The van der Waals surface area contributed by atoms with E-state index in [-0.39, 0.29) is 17.9 Å². The molecular weight excluding hydrogens is 472 g/mol. The van der Waals surface area contributed by atoms with Crippen LogP contribution in [0.25, 0.3) is 0 Å². The van der Waals surface area contributed by atoms with E-state index in [9.17, 15) is 9.59 Å². The highest BCUT2D eigenvalue weighted by molar-refractivity contribution is 6.13. The predicted molar refractivity (Wildman–Crippen MR) is 154 cm³/mol. The van der Waals surface area contributed by atoms with Gasteiger partial charge in [-0.15, -0.1) is 0 Å². The molecule has 1 aliphatic carbocycles. The predicted octanol–water partition coefficient (Wildman–Crippen LogP) is 7.73. The number of hydrogen-bond donors (Lipinski definition) is 1. The van der Waals surface area contributed by atoms with Crippen LogP contribution in [0.5, 0.6) is 0 Å². The zero-order valence-corrected chi connectivity index (χ0v) is 22.3. The molecule has 0 atom stereocenters. The van der Waals surface area contributed by atoms with Crippen LogP contribution >= 0.6 is 0 Å². The normalized spacial score (nSPS) is 16.2. The molecule has 1 N–H and O–H groups in total. The van der Waals surface area contributed by atoms with Gasteiger partial charge < -0.3 is 5.32 Å². The molecule has 1 heterocycles. The van der Waals surface area contributed by atoms with Crippen LogP contribution in [0.1, 0.15) is 63.5 Å². The fraction of sp³-hybridized carbons (Fsp3) is 0.344. The number of carbonyl (C=O) groups excluding carboxylic acids is 2. The highest BCUT2D eigenvalue weighted by Gasteiger charge is 2.34. The first-order valence-electron chi connectivity index (χ1n) is 13.7. The number of para-hydroxylation sites is 1. The number of hydrogen-bond acceptors (Lipinski definition) is 3. The molecule has 0 unspecified atom stereocenters. The monoisotopic (exact) mass is 508 g/mol. The van der Waals surface area contributed by atoms with Gasteiger partial charge in [-0.1, -0.05) is 81.6 Å². The molecule has 3 aromatic carbocycles. The third-order valence-electron chi connectivity index (χ3n) is 7.23. The number of rotatable bonds is 7. The van der Waals surface area contributed by atoms with Gasteiger partial charge in [0.25, 0.3) is 0 Å². The Balaban J connectivity index is 1.53. The quantitative estimate of drug-likeness (QED) is 0.355. The summed E-state index contributed by atoms with van der Waals surface area (Å²) in [6, 6.07) is 25.4. The Morgan fingerprint density at radius 1 is 0.921 bits per heavy atom. The lowest BCUT2D eigenvalue weighted by molar-refractivity contribution is -0.116. The maximum atomic E-state index is 14.2. The number of fused-ring (bicyclic) bond motifs is 1. The molecule has 3 aromatic rings. The van der Waals surface area contributed by atoms with Crippen molar-refractivity contribution in [3.05, 3.63) is 90.0 Å². The minimum Gasteiger partial charge on any atom is -0.326 e. The van der Waals surface area contributed by atoms with Gasteiger partial charge in [0, 0.05) is 23.6 Å². The van der Waals surface area contributed by atoms with E-state index < -0.39 is 0 Å². The van der Waals surface area contributed by atoms with E-state index in [2.05, 4.69) is 11.4 Å². The number of nitrogens with one attached hydrogen (secondary N) is 1. The Morgan fingerprint density at radius 3 is 2.32 bits per heavy atom. The van der Waals surface area contributed by atoms with E-state index in [1.165, 1.54) is 19.3 Å². The molecule has 196 valence electrons. The third-order valence-corrected chi connectivity index (χ3v) is 7.23. The van der Waals surface area contributed by atoms with Crippen LogP contribution in [0.15, 0.2) is 84.0 Å². The average molecular weight is 509 g/mol. The Kier molecular flexibility index (Phi) is 7.87. The van der Waals surface area contributed by atoms with Gasteiger partial charge in [-0.2, -0.15) is 5.10 Å². The molecule has 1 fully saturated rings. The van der Waals surface area contributed by atoms with Gasteiger partial charge in [0.2, 0.25) is 5.91 Å². The number of nitrogens with zero attached hydrogens (tertiary/aromatic N) is 3. The Bertz CT molecular complexity index is 1290. The van der Waals surface area contributed by atoms with Crippen molar-refractivity contribution >= 4 is 34.7 Å². The number of hydrazone groups is 1. The SMILES string of the molecule is CC(C)CC(=O)Nc1ccc(N2C(=O)N(Cc3ccccc3)N=C(C3CCCCC3)c3ccccc32)cc1. The first-order chi connectivity index (χ1) is 18.5. The van der Waals surface area contributed by atoms with Crippen molar-refractivity contribution in [3.63, 3.8) is 0 Å². The van der Waals surface area contributed by atoms with Crippen molar-refractivity contribution < 1.29 is 9.59 Å². The largest absolute Gasteiger partial charge is 0.349 e. The summed E-state index contributed by atoms with van der Waals surface area (Å²) in [5.41, 5.74) is 5.34. The summed E-state index contributed by atoms with van der Waals surface area (Å²) in [6.07, 6.45) is 6.27. The van der Waals surface area contributed by atoms with Crippen molar-refractivity contribution in [2.24, 2.45) is 16.9 Å². The molecule has 6 nitrogen and oxygen atoms in total. The van der Waals surface area contributed by atoms with Crippen molar-refractivity contribution in [3.8, 4) is 0 Å². The smallest absolute Gasteiger partial charge is 0.326 e. The van der Waals surface area contributed by atoms with Crippen LogP contribution in [0, 0.1) is 11.8 Å². The van der Waals surface area contributed by atoms with Gasteiger partial charge in [0.15, 0.2) is 0 Å². The second kappa shape index (κ2) is 11.6. The summed E-state index contributed by atoms with van der Waals surface area (Å²) in [6.45, 7) is 4.44. The highest BCUT2D eigenvalue weighted by Crippen LogP contribution is 2.38. The molecule has 5 rings (SSSR count). The van der Waals surface area contributed by atoms with E-state index in [0.717, 1.165) is 46.7 Å². The average Bonchev–Trinajstić information content (AvgIpc) is 3.04. The van der Waals surface area contributed by atoms with Gasteiger partial charge in [0.05, 0.1) is 23.6 Å². The molecule has 0 spiro atoms. The van der Waals surface area contributed by atoms with Crippen LogP contribution in [0.2, 0.25) is 0 Å². The minimum atomic E-state index is -0.191. The van der Waals surface area contributed by atoms with Gasteiger partial charge in [-0.05, 0) is 54.7 Å². The summed E-state index contributed by atoms with van der Waals surface area (Å²) in [5.74, 6) is 0.604. The maximum Gasteiger partial charge on any atom is 0.349 e. The highest BCUT2D eigenvalue weighted by atomic mass is 16.2. The molecule has 3 amide bonds. The zero-order chi connectivity index (χ0) is 26.5.